The number of thiophene rings is 1. The SMILES string of the molecule is CCN(Cc1cccs1)C(=O)CC1CCN(C(=O)OC(C)(C)C)CC1. The van der Waals surface area contributed by atoms with Crippen LogP contribution >= 0.6 is 11.3 Å². The summed E-state index contributed by atoms with van der Waals surface area (Å²) < 4.78 is 5.42. The monoisotopic (exact) mass is 366 g/mol. The molecule has 1 aromatic heterocycles. The lowest BCUT2D eigenvalue weighted by molar-refractivity contribution is -0.132. The standard InChI is InChI=1S/C19H30N2O3S/c1-5-20(14-16-7-6-12-25-16)17(22)13-15-8-10-21(11-9-15)18(23)24-19(2,3)4/h6-7,12,15H,5,8-11,13-14H2,1-4H3. The van der Waals surface area contributed by atoms with Gasteiger partial charge in [0.15, 0.2) is 0 Å². The van der Waals surface area contributed by atoms with Crippen molar-refractivity contribution in [3.8, 4) is 0 Å². The Bertz CT molecular complexity index is 558. The fourth-order valence-corrected chi connectivity index (χ4v) is 3.71. The second-order valence-electron chi connectivity index (χ2n) is 7.60. The molecule has 0 aliphatic carbocycles. The van der Waals surface area contributed by atoms with Crippen molar-refractivity contribution in [1.82, 2.24) is 9.80 Å². The molecule has 2 rings (SSSR count). The first-order valence-electron chi connectivity index (χ1n) is 9.06. The molecule has 0 saturated carbocycles. The van der Waals surface area contributed by atoms with Crippen molar-refractivity contribution >= 4 is 23.3 Å². The van der Waals surface area contributed by atoms with Crippen LogP contribution in [0.15, 0.2) is 17.5 Å². The van der Waals surface area contributed by atoms with E-state index in [9.17, 15) is 9.59 Å². The number of carbonyl (C=O) groups excluding carboxylic acids is 2. The molecule has 6 heteroatoms. The van der Waals surface area contributed by atoms with E-state index in [0.29, 0.717) is 32.0 Å². The highest BCUT2D eigenvalue weighted by Gasteiger charge is 2.28. The van der Waals surface area contributed by atoms with Crippen molar-refractivity contribution in [2.45, 2.75) is 59.1 Å². The molecule has 140 valence electrons. The highest BCUT2D eigenvalue weighted by atomic mass is 32.1. The Hall–Kier alpha value is -1.56. The van der Waals surface area contributed by atoms with Gasteiger partial charge in [0.05, 0.1) is 6.54 Å². The molecule has 1 fully saturated rings. The molecule has 1 aliphatic rings. The van der Waals surface area contributed by atoms with Crippen molar-refractivity contribution in [2.75, 3.05) is 19.6 Å². The molecular formula is C19H30N2O3S. The number of nitrogens with zero attached hydrogens (tertiary/aromatic N) is 2. The smallest absolute Gasteiger partial charge is 0.410 e. The quantitative estimate of drug-likeness (QED) is 0.787. The molecular weight excluding hydrogens is 336 g/mol. The average molecular weight is 367 g/mol. The summed E-state index contributed by atoms with van der Waals surface area (Å²) in [5.74, 6) is 0.565. The normalized spacial score (nSPS) is 15.9. The number of hydrogen-bond acceptors (Lipinski definition) is 4. The van der Waals surface area contributed by atoms with Crippen LogP contribution in [0.4, 0.5) is 4.79 Å². The van der Waals surface area contributed by atoms with E-state index in [1.165, 1.54) is 4.88 Å². The highest BCUT2D eigenvalue weighted by molar-refractivity contribution is 7.09. The van der Waals surface area contributed by atoms with E-state index in [0.717, 1.165) is 19.4 Å². The van der Waals surface area contributed by atoms with E-state index >= 15 is 0 Å². The molecule has 0 N–H and O–H groups in total. The number of amides is 2. The van der Waals surface area contributed by atoms with E-state index in [1.54, 1.807) is 16.2 Å². The molecule has 2 amide bonds. The molecule has 1 aliphatic heterocycles. The lowest BCUT2D eigenvalue weighted by atomic mass is 9.93. The largest absolute Gasteiger partial charge is 0.444 e. The van der Waals surface area contributed by atoms with Gasteiger partial charge in [-0.3, -0.25) is 4.79 Å². The van der Waals surface area contributed by atoms with Crippen LogP contribution in [-0.2, 0) is 16.1 Å². The second-order valence-corrected chi connectivity index (χ2v) is 8.63. The van der Waals surface area contributed by atoms with Gasteiger partial charge in [-0.15, -0.1) is 11.3 Å². The van der Waals surface area contributed by atoms with Gasteiger partial charge in [-0.05, 0) is 57.9 Å². The predicted molar refractivity (Wildman–Crippen MR) is 101 cm³/mol. The third-order valence-corrected chi connectivity index (χ3v) is 5.25. The van der Waals surface area contributed by atoms with Crippen molar-refractivity contribution < 1.29 is 14.3 Å². The fraction of sp³-hybridized carbons (Fsp3) is 0.684. The first-order chi connectivity index (χ1) is 11.8. The van der Waals surface area contributed by atoms with Gasteiger partial charge in [-0.25, -0.2) is 4.79 Å². The van der Waals surface area contributed by atoms with Gasteiger partial charge >= 0.3 is 6.09 Å². The van der Waals surface area contributed by atoms with Crippen LogP contribution in [0.25, 0.3) is 0 Å². The van der Waals surface area contributed by atoms with Crippen molar-refractivity contribution in [2.24, 2.45) is 5.92 Å². The fourth-order valence-electron chi connectivity index (χ4n) is 2.99. The zero-order valence-corrected chi connectivity index (χ0v) is 16.6. The minimum atomic E-state index is -0.465. The first-order valence-corrected chi connectivity index (χ1v) is 9.94. The van der Waals surface area contributed by atoms with E-state index < -0.39 is 5.60 Å². The number of piperidine rings is 1. The van der Waals surface area contributed by atoms with Gasteiger partial charge in [-0.1, -0.05) is 6.07 Å². The number of carbonyl (C=O) groups is 2. The Kier molecular flexibility index (Phi) is 6.87. The summed E-state index contributed by atoms with van der Waals surface area (Å²) in [6.07, 6.45) is 2.05. The Labute approximate surface area is 154 Å². The van der Waals surface area contributed by atoms with E-state index in [2.05, 4.69) is 6.07 Å². The summed E-state index contributed by atoms with van der Waals surface area (Å²) in [6, 6.07) is 4.09. The van der Waals surface area contributed by atoms with Crippen LogP contribution in [0, 0.1) is 5.92 Å². The predicted octanol–water partition coefficient (Wildman–Crippen LogP) is 4.13. The number of likely N-dealkylation sites (tertiary alicyclic amines) is 1. The van der Waals surface area contributed by atoms with Gasteiger partial charge in [0.2, 0.25) is 5.91 Å². The van der Waals surface area contributed by atoms with E-state index in [-0.39, 0.29) is 12.0 Å². The Morgan fingerprint density at radius 1 is 1.32 bits per heavy atom. The van der Waals surface area contributed by atoms with Crippen LogP contribution in [0.5, 0.6) is 0 Å². The summed E-state index contributed by atoms with van der Waals surface area (Å²) in [4.78, 5) is 29.6. The zero-order chi connectivity index (χ0) is 18.4. The average Bonchev–Trinajstić information content (AvgIpc) is 3.04. The summed E-state index contributed by atoms with van der Waals surface area (Å²) in [6.45, 7) is 10.4. The molecule has 0 atom stereocenters. The molecule has 0 unspecified atom stereocenters. The van der Waals surface area contributed by atoms with Gasteiger partial charge in [0.1, 0.15) is 5.60 Å². The zero-order valence-electron chi connectivity index (χ0n) is 15.8. The lowest BCUT2D eigenvalue weighted by Gasteiger charge is -2.34. The Balaban J connectivity index is 1.78. The maximum atomic E-state index is 12.6. The maximum Gasteiger partial charge on any atom is 0.410 e. The van der Waals surface area contributed by atoms with Crippen molar-refractivity contribution in [3.05, 3.63) is 22.4 Å². The molecule has 0 radical (unpaired) electrons. The molecule has 0 aromatic carbocycles. The minimum Gasteiger partial charge on any atom is -0.444 e. The summed E-state index contributed by atoms with van der Waals surface area (Å²) in [5.41, 5.74) is -0.465. The summed E-state index contributed by atoms with van der Waals surface area (Å²) in [7, 11) is 0. The third-order valence-electron chi connectivity index (χ3n) is 4.39. The van der Waals surface area contributed by atoms with Crippen molar-refractivity contribution in [3.63, 3.8) is 0 Å². The van der Waals surface area contributed by atoms with Crippen LogP contribution in [0.1, 0.15) is 51.8 Å². The molecule has 25 heavy (non-hydrogen) atoms. The van der Waals surface area contributed by atoms with Crippen LogP contribution in [0.2, 0.25) is 0 Å². The minimum absolute atomic E-state index is 0.214. The highest BCUT2D eigenvalue weighted by Crippen LogP contribution is 2.23. The maximum absolute atomic E-state index is 12.6. The molecule has 0 spiro atoms. The van der Waals surface area contributed by atoms with Gasteiger partial charge in [0.25, 0.3) is 0 Å². The Morgan fingerprint density at radius 2 is 2.00 bits per heavy atom. The topological polar surface area (TPSA) is 49.9 Å². The van der Waals surface area contributed by atoms with E-state index in [1.807, 2.05) is 44.0 Å². The Morgan fingerprint density at radius 3 is 2.52 bits per heavy atom. The summed E-state index contributed by atoms with van der Waals surface area (Å²) >= 11 is 1.69. The van der Waals surface area contributed by atoms with Crippen LogP contribution < -0.4 is 0 Å². The number of ether oxygens (including phenoxy) is 1. The number of rotatable bonds is 5. The van der Waals surface area contributed by atoms with Gasteiger partial charge in [0, 0.05) is 30.9 Å². The molecule has 1 saturated heterocycles. The third kappa shape index (κ3) is 6.34. The van der Waals surface area contributed by atoms with Crippen molar-refractivity contribution in [1.29, 1.82) is 0 Å². The van der Waals surface area contributed by atoms with Crippen LogP contribution in [0.3, 0.4) is 0 Å². The molecule has 1 aromatic rings. The van der Waals surface area contributed by atoms with Crippen LogP contribution in [-0.4, -0.2) is 47.0 Å². The van der Waals surface area contributed by atoms with Gasteiger partial charge < -0.3 is 14.5 Å². The van der Waals surface area contributed by atoms with Gasteiger partial charge in [-0.2, -0.15) is 0 Å². The molecule has 2 heterocycles. The number of hydrogen-bond donors (Lipinski definition) is 0. The van der Waals surface area contributed by atoms with E-state index in [4.69, 9.17) is 4.74 Å². The molecule has 5 nitrogen and oxygen atoms in total. The molecule has 0 bridgehead atoms. The first kappa shape index (κ1) is 19.8. The second kappa shape index (κ2) is 8.70. The lowest BCUT2D eigenvalue weighted by Crippen LogP contribution is -2.42. The summed E-state index contributed by atoms with van der Waals surface area (Å²) in [5, 5.41) is 2.04.